The Morgan fingerprint density at radius 1 is 1.30 bits per heavy atom. The number of thiophene rings is 1. The molecule has 0 aromatic carbocycles. The first-order valence-electron chi connectivity index (χ1n) is 6.67. The highest BCUT2D eigenvalue weighted by molar-refractivity contribution is 9.11. The number of amides is 1. The summed E-state index contributed by atoms with van der Waals surface area (Å²) in [5.74, 6) is -0.360. The lowest BCUT2D eigenvalue weighted by Gasteiger charge is -2.37. The standard InChI is InChI=1S/C14H16BrNO3S/c15-12-3-1-11(20-12)2-4-13(17)16-7-5-14(6-8-16)18-9-10-19-14/h1-4H,5-10H2/b4-2+. The Morgan fingerprint density at radius 3 is 2.60 bits per heavy atom. The molecule has 1 spiro atoms. The van der Waals surface area contributed by atoms with Crippen LogP contribution < -0.4 is 0 Å². The SMILES string of the molecule is O=C(/C=C/c1ccc(Br)s1)N1CCC2(CC1)OCCO2. The summed E-state index contributed by atoms with van der Waals surface area (Å²) in [5, 5.41) is 0. The Balaban J connectivity index is 1.55. The first-order valence-corrected chi connectivity index (χ1v) is 8.28. The topological polar surface area (TPSA) is 38.8 Å². The van der Waals surface area contributed by atoms with Gasteiger partial charge < -0.3 is 14.4 Å². The monoisotopic (exact) mass is 357 g/mol. The molecule has 0 radical (unpaired) electrons. The molecule has 0 unspecified atom stereocenters. The van der Waals surface area contributed by atoms with Gasteiger partial charge in [-0.3, -0.25) is 4.79 Å². The lowest BCUT2D eigenvalue weighted by Crippen LogP contribution is -2.46. The van der Waals surface area contributed by atoms with Crippen LogP contribution in [-0.4, -0.2) is 42.9 Å². The summed E-state index contributed by atoms with van der Waals surface area (Å²) in [6.07, 6.45) is 5.03. The van der Waals surface area contributed by atoms with Crippen LogP contribution in [0.2, 0.25) is 0 Å². The normalized spacial score (nSPS) is 21.9. The highest BCUT2D eigenvalue weighted by atomic mass is 79.9. The molecule has 108 valence electrons. The Labute approximate surface area is 130 Å². The number of hydrogen-bond acceptors (Lipinski definition) is 4. The van der Waals surface area contributed by atoms with E-state index in [1.807, 2.05) is 23.1 Å². The van der Waals surface area contributed by atoms with Crippen molar-refractivity contribution in [1.29, 1.82) is 0 Å². The average Bonchev–Trinajstić information content (AvgIpc) is 3.07. The third-order valence-electron chi connectivity index (χ3n) is 3.63. The maximum absolute atomic E-state index is 12.1. The zero-order valence-electron chi connectivity index (χ0n) is 11.0. The van der Waals surface area contributed by atoms with Gasteiger partial charge in [-0.25, -0.2) is 0 Å². The Hall–Kier alpha value is -0.690. The molecule has 3 heterocycles. The number of piperidine rings is 1. The number of ether oxygens (including phenoxy) is 2. The molecule has 0 atom stereocenters. The maximum Gasteiger partial charge on any atom is 0.246 e. The van der Waals surface area contributed by atoms with Crippen molar-refractivity contribution in [3.8, 4) is 0 Å². The van der Waals surface area contributed by atoms with Crippen LogP contribution >= 0.6 is 27.3 Å². The molecule has 4 nitrogen and oxygen atoms in total. The van der Waals surface area contributed by atoms with Gasteiger partial charge in [-0.1, -0.05) is 0 Å². The first-order chi connectivity index (χ1) is 9.67. The van der Waals surface area contributed by atoms with Crippen LogP contribution in [0.4, 0.5) is 0 Å². The summed E-state index contributed by atoms with van der Waals surface area (Å²) in [5.41, 5.74) is 0. The average molecular weight is 358 g/mol. The van der Waals surface area contributed by atoms with Crippen LogP contribution in [-0.2, 0) is 14.3 Å². The molecular weight excluding hydrogens is 342 g/mol. The van der Waals surface area contributed by atoms with Gasteiger partial charge in [0.15, 0.2) is 5.79 Å². The van der Waals surface area contributed by atoms with Crippen molar-refractivity contribution < 1.29 is 14.3 Å². The molecule has 0 aliphatic carbocycles. The van der Waals surface area contributed by atoms with E-state index in [4.69, 9.17) is 9.47 Å². The molecule has 1 aromatic rings. The van der Waals surface area contributed by atoms with Crippen LogP contribution in [0.1, 0.15) is 17.7 Å². The maximum atomic E-state index is 12.1. The van der Waals surface area contributed by atoms with Gasteiger partial charge in [-0.05, 0) is 34.1 Å². The molecule has 3 rings (SSSR count). The predicted octanol–water partition coefficient (Wildman–Crippen LogP) is 2.89. The second-order valence-electron chi connectivity index (χ2n) is 4.91. The zero-order chi connectivity index (χ0) is 14.0. The van der Waals surface area contributed by atoms with Gasteiger partial charge >= 0.3 is 0 Å². The quantitative estimate of drug-likeness (QED) is 0.764. The van der Waals surface area contributed by atoms with Gasteiger partial charge in [0.2, 0.25) is 5.91 Å². The summed E-state index contributed by atoms with van der Waals surface area (Å²) >= 11 is 5.02. The van der Waals surface area contributed by atoms with E-state index in [-0.39, 0.29) is 5.91 Å². The van der Waals surface area contributed by atoms with Crippen molar-refractivity contribution >= 4 is 39.2 Å². The van der Waals surface area contributed by atoms with Gasteiger partial charge in [0, 0.05) is 36.9 Å². The van der Waals surface area contributed by atoms with Crippen molar-refractivity contribution in [3.63, 3.8) is 0 Å². The third-order valence-corrected chi connectivity index (χ3v) is 5.22. The predicted molar refractivity (Wildman–Crippen MR) is 81.5 cm³/mol. The highest BCUT2D eigenvalue weighted by Gasteiger charge is 2.40. The van der Waals surface area contributed by atoms with E-state index in [1.165, 1.54) is 0 Å². The number of hydrogen-bond donors (Lipinski definition) is 0. The van der Waals surface area contributed by atoms with Crippen molar-refractivity contribution in [2.24, 2.45) is 0 Å². The number of nitrogens with zero attached hydrogens (tertiary/aromatic N) is 1. The van der Waals surface area contributed by atoms with Gasteiger partial charge in [-0.15, -0.1) is 11.3 Å². The van der Waals surface area contributed by atoms with Crippen LogP contribution in [0.15, 0.2) is 22.0 Å². The van der Waals surface area contributed by atoms with Gasteiger partial charge in [-0.2, -0.15) is 0 Å². The lowest BCUT2D eigenvalue weighted by molar-refractivity contribution is -0.186. The molecular formula is C14H16BrNO3S. The molecule has 2 fully saturated rings. The fourth-order valence-electron chi connectivity index (χ4n) is 2.53. The second-order valence-corrected chi connectivity index (χ2v) is 7.40. The van der Waals surface area contributed by atoms with E-state index in [1.54, 1.807) is 17.4 Å². The Morgan fingerprint density at radius 2 is 2.00 bits per heavy atom. The fourth-order valence-corrected chi connectivity index (χ4v) is 3.86. The van der Waals surface area contributed by atoms with Crippen molar-refractivity contribution in [3.05, 3.63) is 26.9 Å². The molecule has 1 amide bonds. The van der Waals surface area contributed by atoms with E-state index >= 15 is 0 Å². The van der Waals surface area contributed by atoms with E-state index in [2.05, 4.69) is 15.9 Å². The number of likely N-dealkylation sites (tertiary alicyclic amines) is 1. The number of carbonyl (C=O) groups excluding carboxylic acids is 1. The second kappa shape index (κ2) is 5.97. The van der Waals surface area contributed by atoms with Crippen LogP contribution in [0.25, 0.3) is 6.08 Å². The van der Waals surface area contributed by atoms with Gasteiger partial charge in [0.05, 0.1) is 17.0 Å². The smallest absolute Gasteiger partial charge is 0.246 e. The Bertz CT molecular complexity index is 512. The van der Waals surface area contributed by atoms with E-state index in [0.717, 1.165) is 21.5 Å². The number of rotatable bonds is 2. The van der Waals surface area contributed by atoms with Crippen molar-refractivity contribution in [2.75, 3.05) is 26.3 Å². The molecule has 0 saturated carbocycles. The molecule has 2 saturated heterocycles. The van der Waals surface area contributed by atoms with E-state index in [0.29, 0.717) is 26.3 Å². The largest absolute Gasteiger partial charge is 0.347 e. The molecule has 6 heteroatoms. The summed E-state index contributed by atoms with van der Waals surface area (Å²) in [6, 6.07) is 3.97. The summed E-state index contributed by atoms with van der Waals surface area (Å²) < 4.78 is 12.4. The summed E-state index contributed by atoms with van der Waals surface area (Å²) in [6.45, 7) is 2.72. The zero-order valence-corrected chi connectivity index (χ0v) is 13.4. The van der Waals surface area contributed by atoms with E-state index in [9.17, 15) is 4.79 Å². The van der Waals surface area contributed by atoms with Gasteiger partial charge in [0.25, 0.3) is 0 Å². The van der Waals surface area contributed by atoms with Crippen molar-refractivity contribution in [1.82, 2.24) is 4.90 Å². The minimum atomic E-state index is -0.418. The summed E-state index contributed by atoms with van der Waals surface area (Å²) in [4.78, 5) is 15.1. The molecule has 2 aliphatic heterocycles. The van der Waals surface area contributed by atoms with Crippen LogP contribution in [0, 0.1) is 0 Å². The van der Waals surface area contributed by atoms with Crippen molar-refractivity contribution in [2.45, 2.75) is 18.6 Å². The minimum Gasteiger partial charge on any atom is -0.347 e. The Kier molecular flexibility index (Phi) is 4.26. The minimum absolute atomic E-state index is 0.0577. The molecule has 0 bridgehead atoms. The first kappa shape index (κ1) is 14.3. The fraction of sp³-hybridized carbons (Fsp3) is 0.500. The molecule has 20 heavy (non-hydrogen) atoms. The molecule has 0 N–H and O–H groups in total. The molecule has 2 aliphatic rings. The lowest BCUT2D eigenvalue weighted by atomic mass is 10.0. The summed E-state index contributed by atoms with van der Waals surface area (Å²) in [7, 11) is 0. The third kappa shape index (κ3) is 3.14. The van der Waals surface area contributed by atoms with Crippen LogP contribution in [0.3, 0.4) is 0 Å². The highest BCUT2D eigenvalue weighted by Crippen LogP contribution is 2.31. The van der Waals surface area contributed by atoms with Gasteiger partial charge in [0.1, 0.15) is 0 Å². The van der Waals surface area contributed by atoms with Crippen LogP contribution in [0.5, 0.6) is 0 Å². The number of halogens is 1. The van der Waals surface area contributed by atoms with E-state index < -0.39 is 5.79 Å². The molecule has 1 aromatic heterocycles. The number of carbonyl (C=O) groups is 1.